The maximum absolute atomic E-state index is 12.5. The first-order chi connectivity index (χ1) is 10.0. The Labute approximate surface area is 129 Å². The Morgan fingerprint density at radius 1 is 1.33 bits per heavy atom. The average Bonchev–Trinajstić information content (AvgIpc) is 2.90. The first-order valence-electron chi connectivity index (χ1n) is 7.61. The zero-order valence-corrected chi connectivity index (χ0v) is 13.4. The highest BCUT2D eigenvalue weighted by Crippen LogP contribution is 2.34. The van der Waals surface area contributed by atoms with Crippen molar-refractivity contribution < 1.29 is 4.74 Å². The first kappa shape index (κ1) is 16.3. The second kappa shape index (κ2) is 7.27. The number of ether oxygens (including phenoxy) is 1. The molecule has 2 rings (SSSR count). The summed E-state index contributed by atoms with van der Waals surface area (Å²) in [6.45, 7) is 5.35. The largest absolute Gasteiger partial charge is 0.379 e. The number of halogens is 1. The minimum atomic E-state index is -0.458. The molecule has 0 atom stereocenters. The van der Waals surface area contributed by atoms with Gasteiger partial charge in [-0.25, -0.2) is 4.79 Å². The van der Waals surface area contributed by atoms with Gasteiger partial charge in [0.15, 0.2) is 0 Å². The summed E-state index contributed by atoms with van der Waals surface area (Å²) in [5.41, 5.74) is -0.152. The molecule has 1 aliphatic rings. The van der Waals surface area contributed by atoms with E-state index in [2.05, 4.69) is 18.8 Å². The van der Waals surface area contributed by atoms with Gasteiger partial charge in [-0.2, -0.15) is 0 Å². The molecule has 1 N–H and O–H groups in total. The summed E-state index contributed by atoms with van der Waals surface area (Å²) in [4.78, 5) is 27.0. The van der Waals surface area contributed by atoms with Crippen LogP contribution in [0.4, 0.5) is 0 Å². The maximum Gasteiger partial charge on any atom is 0.329 e. The molecule has 21 heavy (non-hydrogen) atoms. The normalized spacial score (nSPS) is 16.0. The van der Waals surface area contributed by atoms with E-state index in [0.29, 0.717) is 24.7 Å². The molecule has 1 fully saturated rings. The molecule has 1 aliphatic carbocycles. The summed E-state index contributed by atoms with van der Waals surface area (Å²) in [6.07, 6.45) is 4.14. The molecule has 0 unspecified atom stereocenters. The third-order valence-electron chi connectivity index (χ3n) is 3.85. The lowest BCUT2D eigenvalue weighted by Crippen LogP contribution is -2.39. The molecule has 0 radical (unpaired) electrons. The summed E-state index contributed by atoms with van der Waals surface area (Å²) in [6, 6.07) is 0. The smallest absolute Gasteiger partial charge is 0.329 e. The van der Waals surface area contributed by atoms with Crippen LogP contribution in [-0.4, -0.2) is 22.8 Å². The SMILES string of the molecule is CC(C)COCCn1c(=O)[nH]c(Cl)c(C2CCCC2)c1=O. The lowest BCUT2D eigenvalue weighted by Gasteiger charge is -2.14. The quantitative estimate of drug-likeness (QED) is 0.648. The van der Waals surface area contributed by atoms with Crippen molar-refractivity contribution in [2.75, 3.05) is 13.2 Å². The minimum absolute atomic E-state index is 0.171. The van der Waals surface area contributed by atoms with E-state index in [1.807, 2.05) is 0 Å². The van der Waals surface area contributed by atoms with Crippen LogP contribution in [0.1, 0.15) is 51.0 Å². The maximum atomic E-state index is 12.5. The zero-order valence-electron chi connectivity index (χ0n) is 12.7. The molecule has 6 heteroatoms. The van der Waals surface area contributed by atoms with Gasteiger partial charge in [-0.05, 0) is 24.7 Å². The van der Waals surface area contributed by atoms with Gasteiger partial charge in [-0.15, -0.1) is 0 Å². The molecule has 0 bridgehead atoms. The number of hydrogen-bond donors (Lipinski definition) is 1. The molecule has 0 aliphatic heterocycles. The van der Waals surface area contributed by atoms with Gasteiger partial charge in [0.2, 0.25) is 0 Å². The molecular formula is C15H23ClN2O3. The summed E-state index contributed by atoms with van der Waals surface area (Å²) in [7, 11) is 0. The van der Waals surface area contributed by atoms with Crippen LogP contribution in [0.25, 0.3) is 0 Å². The van der Waals surface area contributed by atoms with Crippen molar-refractivity contribution >= 4 is 11.6 Å². The Morgan fingerprint density at radius 3 is 2.62 bits per heavy atom. The number of H-pyrrole nitrogens is 1. The van der Waals surface area contributed by atoms with E-state index in [4.69, 9.17) is 16.3 Å². The van der Waals surface area contributed by atoms with Crippen LogP contribution in [0, 0.1) is 5.92 Å². The highest BCUT2D eigenvalue weighted by atomic mass is 35.5. The zero-order chi connectivity index (χ0) is 15.4. The molecule has 118 valence electrons. The molecule has 0 saturated heterocycles. The van der Waals surface area contributed by atoms with Crippen molar-refractivity contribution in [1.29, 1.82) is 0 Å². The van der Waals surface area contributed by atoms with Crippen LogP contribution < -0.4 is 11.2 Å². The highest BCUT2D eigenvalue weighted by molar-refractivity contribution is 6.30. The van der Waals surface area contributed by atoms with E-state index in [1.54, 1.807) is 0 Å². The molecule has 0 aromatic carbocycles. The molecule has 0 amide bonds. The average molecular weight is 315 g/mol. The van der Waals surface area contributed by atoms with Crippen LogP contribution >= 0.6 is 11.6 Å². The van der Waals surface area contributed by atoms with Gasteiger partial charge in [-0.1, -0.05) is 38.3 Å². The molecular weight excluding hydrogens is 292 g/mol. The van der Waals surface area contributed by atoms with Crippen molar-refractivity contribution in [2.45, 2.75) is 52.0 Å². The van der Waals surface area contributed by atoms with Crippen molar-refractivity contribution in [1.82, 2.24) is 9.55 Å². The van der Waals surface area contributed by atoms with E-state index < -0.39 is 5.69 Å². The molecule has 0 spiro atoms. The van der Waals surface area contributed by atoms with E-state index in [0.717, 1.165) is 25.7 Å². The fraction of sp³-hybridized carbons (Fsp3) is 0.733. The van der Waals surface area contributed by atoms with Crippen LogP contribution in [-0.2, 0) is 11.3 Å². The van der Waals surface area contributed by atoms with E-state index >= 15 is 0 Å². The van der Waals surface area contributed by atoms with Gasteiger partial charge in [0.1, 0.15) is 5.15 Å². The topological polar surface area (TPSA) is 64.1 Å². The Balaban J connectivity index is 2.19. The van der Waals surface area contributed by atoms with Gasteiger partial charge in [0, 0.05) is 6.61 Å². The number of hydrogen-bond acceptors (Lipinski definition) is 3. The Bertz CT molecular complexity index is 586. The van der Waals surface area contributed by atoms with Gasteiger partial charge in [0.25, 0.3) is 5.56 Å². The monoisotopic (exact) mass is 314 g/mol. The fourth-order valence-corrected chi connectivity index (χ4v) is 3.12. The van der Waals surface area contributed by atoms with Gasteiger partial charge >= 0.3 is 5.69 Å². The lowest BCUT2D eigenvalue weighted by molar-refractivity contribution is 0.102. The van der Waals surface area contributed by atoms with Crippen molar-refractivity contribution in [3.8, 4) is 0 Å². The number of aromatic amines is 1. The summed E-state index contributed by atoms with van der Waals surface area (Å²) in [5, 5.41) is 0.205. The second-order valence-corrected chi connectivity index (χ2v) is 6.44. The van der Waals surface area contributed by atoms with Gasteiger partial charge in [-0.3, -0.25) is 14.3 Å². The Morgan fingerprint density at radius 2 is 2.00 bits per heavy atom. The number of nitrogens with zero attached hydrogens (tertiary/aromatic N) is 1. The summed E-state index contributed by atoms with van der Waals surface area (Å²) in [5.74, 6) is 0.601. The third kappa shape index (κ3) is 3.98. The minimum Gasteiger partial charge on any atom is -0.379 e. The summed E-state index contributed by atoms with van der Waals surface area (Å²) < 4.78 is 6.67. The van der Waals surface area contributed by atoms with Crippen LogP contribution in [0.5, 0.6) is 0 Å². The second-order valence-electron chi connectivity index (χ2n) is 6.06. The third-order valence-corrected chi connectivity index (χ3v) is 4.15. The number of aromatic nitrogens is 2. The van der Waals surface area contributed by atoms with E-state index in [-0.39, 0.29) is 23.2 Å². The van der Waals surface area contributed by atoms with Crippen molar-refractivity contribution in [3.63, 3.8) is 0 Å². The van der Waals surface area contributed by atoms with Gasteiger partial charge in [0.05, 0.1) is 18.7 Å². The van der Waals surface area contributed by atoms with Gasteiger partial charge < -0.3 is 4.74 Å². The number of rotatable bonds is 6. The Kier molecular flexibility index (Phi) is 5.65. The van der Waals surface area contributed by atoms with Crippen LogP contribution in [0.2, 0.25) is 5.15 Å². The molecule has 1 saturated carbocycles. The molecule has 1 aromatic heterocycles. The van der Waals surface area contributed by atoms with E-state index in [1.165, 1.54) is 4.57 Å². The number of nitrogens with one attached hydrogen (secondary N) is 1. The lowest BCUT2D eigenvalue weighted by atomic mass is 10.0. The molecule has 1 heterocycles. The predicted octanol–water partition coefficient (Wildman–Crippen LogP) is 2.52. The summed E-state index contributed by atoms with van der Waals surface area (Å²) >= 11 is 6.09. The van der Waals surface area contributed by atoms with Crippen molar-refractivity contribution in [3.05, 3.63) is 31.6 Å². The highest BCUT2D eigenvalue weighted by Gasteiger charge is 2.24. The molecule has 5 nitrogen and oxygen atoms in total. The van der Waals surface area contributed by atoms with Crippen molar-refractivity contribution in [2.24, 2.45) is 5.92 Å². The Hall–Kier alpha value is -1.07. The van der Waals surface area contributed by atoms with Crippen LogP contribution in [0.15, 0.2) is 9.59 Å². The fourth-order valence-electron chi connectivity index (χ4n) is 2.81. The molecule has 1 aromatic rings. The predicted molar refractivity (Wildman–Crippen MR) is 83.2 cm³/mol. The standard InChI is InChI=1S/C15H23ClN2O3/c1-10(2)9-21-8-7-18-14(19)12(11-5-3-4-6-11)13(16)17-15(18)20/h10-11H,3-9H2,1-2H3,(H,17,20). The first-order valence-corrected chi connectivity index (χ1v) is 7.98. The van der Waals surface area contributed by atoms with Crippen LogP contribution in [0.3, 0.4) is 0 Å². The van der Waals surface area contributed by atoms with E-state index in [9.17, 15) is 9.59 Å².